The predicted molar refractivity (Wildman–Crippen MR) is 152 cm³/mol. The summed E-state index contributed by atoms with van der Waals surface area (Å²) < 4.78 is 40.4. The number of rotatable bonds is 9. The topological polar surface area (TPSA) is 125 Å². The highest BCUT2D eigenvalue weighted by Gasteiger charge is 2.31. The lowest BCUT2D eigenvalue weighted by atomic mass is 10.0. The minimum absolute atomic E-state index is 0.000142. The van der Waals surface area contributed by atoms with Crippen LogP contribution < -0.4 is 9.46 Å². The van der Waals surface area contributed by atoms with Crippen LogP contribution in [-0.2, 0) is 27.8 Å². The van der Waals surface area contributed by atoms with Gasteiger partial charge >= 0.3 is 0 Å². The summed E-state index contributed by atoms with van der Waals surface area (Å²) in [5.41, 5.74) is 2.30. The lowest BCUT2D eigenvalue weighted by Gasteiger charge is -2.34. The van der Waals surface area contributed by atoms with E-state index in [0.29, 0.717) is 30.1 Å². The van der Waals surface area contributed by atoms with Gasteiger partial charge in [0.05, 0.1) is 19.1 Å². The van der Waals surface area contributed by atoms with Gasteiger partial charge in [0, 0.05) is 36.8 Å². The van der Waals surface area contributed by atoms with Crippen molar-refractivity contribution in [3.63, 3.8) is 0 Å². The quantitative estimate of drug-likeness (QED) is 0.401. The van der Waals surface area contributed by atoms with Crippen molar-refractivity contribution < 1.29 is 27.6 Å². The molecule has 0 saturated carbocycles. The van der Waals surface area contributed by atoms with Gasteiger partial charge in [-0.1, -0.05) is 42.4 Å². The van der Waals surface area contributed by atoms with E-state index in [1.165, 1.54) is 12.5 Å². The molecule has 40 heavy (non-hydrogen) atoms. The molecule has 0 spiro atoms. The number of amides is 1. The second kappa shape index (κ2) is 12.4. The van der Waals surface area contributed by atoms with E-state index in [1.54, 1.807) is 30.0 Å². The smallest absolute Gasteiger partial charge is 0.267 e. The van der Waals surface area contributed by atoms with E-state index in [-0.39, 0.29) is 53.3 Å². The molecule has 1 aliphatic rings. The second-order valence-electron chi connectivity index (χ2n) is 10.7. The summed E-state index contributed by atoms with van der Waals surface area (Å²) in [6.07, 6.45) is -0.267. The molecule has 216 valence electrons. The molecule has 0 aliphatic carbocycles. The Morgan fingerprint density at radius 1 is 1.20 bits per heavy atom. The van der Waals surface area contributed by atoms with Crippen molar-refractivity contribution >= 4 is 21.6 Å². The van der Waals surface area contributed by atoms with Gasteiger partial charge < -0.3 is 19.3 Å². The van der Waals surface area contributed by atoms with Gasteiger partial charge in [-0.15, -0.1) is 0 Å². The Labute approximate surface area is 236 Å². The van der Waals surface area contributed by atoms with Crippen LogP contribution in [0, 0.1) is 19.8 Å². The standard InChI is InChI=1S/C29H38N4O6S/c1-19-15-33(20(2)18-34)28(35)14-24-13-25(31-40(36,37)29-21(3)30-39-22(29)4)11-12-26(24)38-27(19)17-32(5)16-23-9-7-6-8-10-23/h6-13,19-20,27,31,34H,14-18H2,1-5H3/t19-,20+,27-/m1/s1. The Morgan fingerprint density at radius 2 is 1.93 bits per heavy atom. The Bertz CT molecular complexity index is 1410. The number of carbonyl (C=O) groups excluding carboxylic acids is 1. The molecule has 3 atom stereocenters. The lowest BCUT2D eigenvalue weighted by Crippen LogP contribution is -2.47. The number of aliphatic hydroxyl groups excluding tert-OH is 1. The number of aromatic nitrogens is 1. The SMILES string of the molecule is Cc1noc(C)c1S(=O)(=O)Nc1ccc2c(c1)CC(=O)N([C@@H](C)CO)C[C@@H](C)[C@@H](CN(C)Cc1ccccc1)O2. The Balaban J connectivity index is 1.65. The zero-order valence-electron chi connectivity index (χ0n) is 23.6. The van der Waals surface area contributed by atoms with Crippen molar-refractivity contribution in [3.8, 4) is 5.75 Å². The third-order valence-electron chi connectivity index (χ3n) is 7.19. The van der Waals surface area contributed by atoms with E-state index in [4.69, 9.17) is 9.26 Å². The number of ether oxygens (including phenoxy) is 1. The van der Waals surface area contributed by atoms with Crippen LogP contribution in [0.2, 0.25) is 0 Å². The molecule has 1 amide bonds. The van der Waals surface area contributed by atoms with Crippen LogP contribution in [0.15, 0.2) is 57.9 Å². The number of nitrogens with zero attached hydrogens (tertiary/aromatic N) is 3. The highest BCUT2D eigenvalue weighted by atomic mass is 32.2. The van der Waals surface area contributed by atoms with E-state index < -0.39 is 10.0 Å². The fourth-order valence-corrected chi connectivity index (χ4v) is 6.42. The van der Waals surface area contributed by atoms with Crippen LogP contribution in [0.25, 0.3) is 0 Å². The number of sulfonamides is 1. The average molecular weight is 571 g/mol. The maximum atomic E-state index is 13.5. The van der Waals surface area contributed by atoms with Gasteiger partial charge in [-0.25, -0.2) is 8.42 Å². The maximum Gasteiger partial charge on any atom is 0.267 e. The van der Waals surface area contributed by atoms with E-state index in [9.17, 15) is 18.3 Å². The number of aryl methyl sites for hydroxylation is 2. The molecule has 4 rings (SSSR count). The molecule has 11 heteroatoms. The highest BCUT2D eigenvalue weighted by Crippen LogP contribution is 2.31. The first-order valence-corrected chi connectivity index (χ1v) is 14.8. The monoisotopic (exact) mass is 570 g/mol. The Hall–Kier alpha value is -3.41. The van der Waals surface area contributed by atoms with Gasteiger partial charge in [0.2, 0.25) is 5.91 Å². The molecule has 0 saturated heterocycles. The number of benzene rings is 2. The average Bonchev–Trinajstić information content (AvgIpc) is 3.27. The van der Waals surface area contributed by atoms with Crippen LogP contribution in [0.4, 0.5) is 5.69 Å². The van der Waals surface area contributed by atoms with Crippen LogP contribution in [0.1, 0.15) is 36.4 Å². The van der Waals surface area contributed by atoms with Gasteiger partial charge in [0.15, 0.2) is 10.7 Å². The van der Waals surface area contributed by atoms with Crippen LogP contribution >= 0.6 is 0 Å². The number of hydrogen-bond donors (Lipinski definition) is 2. The summed E-state index contributed by atoms with van der Waals surface area (Å²) in [6, 6.07) is 14.7. The third-order valence-corrected chi connectivity index (χ3v) is 8.82. The summed E-state index contributed by atoms with van der Waals surface area (Å²) in [5.74, 6) is 0.510. The van der Waals surface area contributed by atoms with Crippen molar-refractivity contribution in [2.24, 2.45) is 5.92 Å². The molecule has 1 aliphatic heterocycles. The summed E-state index contributed by atoms with van der Waals surface area (Å²) in [5, 5.41) is 13.6. The second-order valence-corrected chi connectivity index (χ2v) is 12.3. The highest BCUT2D eigenvalue weighted by molar-refractivity contribution is 7.92. The zero-order chi connectivity index (χ0) is 29.0. The first kappa shape index (κ1) is 29.6. The summed E-state index contributed by atoms with van der Waals surface area (Å²) in [7, 11) is -1.94. The number of nitrogens with one attached hydrogen (secondary N) is 1. The molecule has 1 aromatic heterocycles. The minimum atomic E-state index is -3.97. The molecule has 3 aromatic rings. The number of carbonyl (C=O) groups is 1. The van der Waals surface area contributed by atoms with Gasteiger partial charge in [0.1, 0.15) is 17.5 Å². The van der Waals surface area contributed by atoms with Crippen molar-refractivity contribution in [2.75, 3.05) is 31.5 Å². The van der Waals surface area contributed by atoms with E-state index in [2.05, 4.69) is 26.9 Å². The van der Waals surface area contributed by atoms with Gasteiger partial charge in [-0.2, -0.15) is 0 Å². The number of anilines is 1. The van der Waals surface area contributed by atoms with Crippen LogP contribution in [0.3, 0.4) is 0 Å². The Kier molecular flexibility index (Phi) is 9.17. The van der Waals surface area contributed by atoms with E-state index in [0.717, 1.165) is 6.54 Å². The zero-order valence-corrected chi connectivity index (χ0v) is 24.4. The minimum Gasteiger partial charge on any atom is -0.488 e. The van der Waals surface area contributed by atoms with Crippen LogP contribution in [0.5, 0.6) is 5.75 Å². The van der Waals surface area contributed by atoms with Gasteiger partial charge in [0.25, 0.3) is 10.0 Å². The molecule has 0 unspecified atom stereocenters. The number of fused-ring (bicyclic) bond motifs is 1. The first-order valence-electron chi connectivity index (χ1n) is 13.4. The van der Waals surface area contributed by atoms with Crippen molar-refractivity contribution in [3.05, 3.63) is 71.1 Å². The maximum absolute atomic E-state index is 13.5. The number of likely N-dealkylation sites (N-methyl/N-ethyl adjacent to an activating group) is 1. The largest absolute Gasteiger partial charge is 0.488 e. The Morgan fingerprint density at radius 3 is 2.58 bits per heavy atom. The summed E-state index contributed by atoms with van der Waals surface area (Å²) in [4.78, 5) is 17.3. The van der Waals surface area contributed by atoms with Crippen LogP contribution in [-0.4, -0.2) is 73.3 Å². The fraction of sp³-hybridized carbons (Fsp3) is 0.448. The summed E-state index contributed by atoms with van der Waals surface area (Å²) >= 11 is 0. The molecule has 0 radical (unpaired) electrons. The molecule has 10 nitrogen and oxygen atoms in total. The predicted octanol–water partition coefficient (Wildman–Crippen LogP) is 3.37. The molecule has 0 bridgehead atoms. The normalized spacial score (nSPS) is 18.9. The molecule has 2 aromatic carbocycles. The van der Waals surface area contributed by atoms with E-state index in [1.807, 2.05) is 39.1 Å². The number of aliphatic hydroxyl groups is 1. The first-order chi connectivity index (χ1) is 19.0. The summed E-state index contributed by atoms with van der Waals surface area (Å²) in [6.45, 7) is 8.56. The van der Waals surface area contributed by atoms with Crippen molar-refractivity contribution in [1.29, 1.82) is 0 Å². The molecule has 0 fully saturated rings. The number of hydrogen-bond acceptors (Lipinski definition) is 8. The van der Waals surface area contributed by atoms with Crippen molar-refractivity contribution in [2.45, 2.75) is 57.7 Å². The molecule has 2 N–H and O–H groups in total. The van der Waals surface area contributed by atoms with Gasteiger partial charge in [-0.05, 0) is 51.6 Å². The molecular weight excluding hydrogens is 532 g/mol. The molecular formula is C29H38N4O6S. The van der Waals surface area contributed by atoms with Gasteiger partial charge in [-0.3, -0.25) is 14.4 Å². The lowest BCUT2D eigenvalue weighted by molar-refractivity contribution is -0.134. The fourth-order valence-electron chi connectivity index (χ4n) is 5.04. The third kappa shape index (κ3) is 6.83. The van der Waals surface area contributed by atoms with Crippen molar-refractivity contribution in [1.82, 2.24) is 15.0 Å². The van der Waals surface area contributed by atoms with E-state index >= 15 is 0 Å². The molecule has 2 heterocycles.